The van der Waals surface area contributed by atoms with Gasteiger partial charge in [0.2, 0.25) is 0 Å². The van der Waals surface area contributed by atoms with Crippen molar-refractivity contribution in [3.8, 4) is 11.6 Å². The van der Waals surface area contributed by atoms with Crippen LogP contribution in [0.3, 0.4) is 0 Å². The van der Waals surface area contributed by atoms with Crippen LogP contribution in [0, 0.1) is 6.92 Å². The van der Waals surface area contributed by atoms with Gasteiger partial charge in [-0.2, -0.15) is 10.1 Å². The molecule has 0 saturated heterocycles. The van der Waals surface area contributed by atoms with Crippen molar-refractivity contribution in [1.82, 2.24) is 19.9 Å². The van der Waals surface area contributed by atoms with Crippen molar-refractivity contribution in [2.45, 2.75) is 13.5 Å². The maximum Gasteiger partial charge on any atom is 0.278 e. The summed E-state index contributed by atoms with van der Waals surface area (Å²) in [6.45, 7) is 2.13. The third kappa shape index (κ3) is 2.49. The normalized spacial score (nSPS) is 10.7. The molecule has 0 atom stereocenters. The van der Waals surface area contributed by atoms with E-state index >= 15 is 0 Å². The third-order valence-electron chi connectivity index (χ3n) is 2.79. The number of hydrogen-bond donors (Lipinski definition) is 0. The molecule has 0 radical (unpaired) electrons. The predicted octanol–water partition coefficient (Wildman–Crippen LogP) is 1.65. The third-order valence-corrected chi connectivity index (χ3v) is 2.79. The van der Waals surface area contributed by atoms with Crippen molar-refractivity contribution in [2.75, 3.05) is 0 Å². The number of nitrogens with zero attached hydrogens (tertiary/aromatic N) is 4. The van der Waals surface area contributed by atoms with Crippen molar-refractivity contribution < 1.29 is 4.52 Å². The molecule has 20 heavy (non-hydrogen) atoms. The van der Waals surface area contributed by atoms with Crippen LogP contribution in [-0.4, -0.2) is 19.9 Å². The molecule has 6 nitrogen and oxygen atoms in total. The molecular formula is C14H12N4O2. The van der Waals surface area contributed by atoms with Gasteiger partial charge in [0.25, 0.3) is 11.4 Å². The Hall–Kier alpha value is -2.76. The molecule has 0 unspecified atom stereocenters. The lowest BCUT2D eigenvalue weighted by Gasteiger charge is -2.05. The molecule has 2 aromatic heterocycles. The fourth-order valence-corrected chi connectivity index (χ4v) is 1.83. The average molecular weight is 268 g/mol. The average Bonchev–Trinajstić information content (AvgIpc) is 2.89. The van der Waals surface area contributed by atoms with Gasteiger partial charge in [-0.1, -0.05) is 35.5 Å². The summed E-state index contributed by atoms with van der Waals surface area (Å²) >= 11 is 0. The van der Waals surface area contributed by atoms with Crippen molar-refractivity contribution in [3.05, 3.63) is 64.2 Å². The van der Waals surface area contributed by atoms with Crippen molar-refractivity contribution in [1.29, 1.82) is 0 Å². The molecule has 0 bridgehead atoms. The largest absolute Gasteiger partial charge is 0.332 e. The van der Waals surface area contributed by atoms with E-state index in [0.717, 1.165) is 5.56 Å². The first-order chi connectivity index (χ1) is 9.72. The molecular weight excluding hydrogens is 256 g/mol. The molecule has 6 heteroatoms. The monoisotopic (exact) mass is 268 g/mol. The lowest BCUT2D eigenvalue weighted by atomic mass is 10.2. The first-order valence-electron chi connectivity index (χ1n) is 6.15. The van der Waals surface area contributed by atoms with E-state index in [0.29, 0.717) is 24.0 Å². The van der Waals surface area contributed by atoms with E-state index in [1.165, 1.54) is 10.7 Å². The minimum Gasteiger partial charge on any atom is -0.332 e. The van der Waals surface area contributed by atoms with Gasteiger partial charge in [0.1, 0.15) is 5.69 Å². The Morgan fingerprint density at radius 3 is 2.65 bits per heavy atom. The zero-order chi connectivity index (χ0) is 13.9. The maximum atomic E-state index is 11.8. The van der Waals surface area contributed by atoms with E-state index in [4.69, 9.17) is 4.52 Å². The van der Waals surface area contributed by atoms with E-state index in [9.17, 15) is 4.79 Å². The summed E-state index contributed by atoms with van der Waals surface area (Å²) in [6.07, 6.45) is 0. The van der Waals surface area contributed by atoms with E-state index in [2.05, 4.69) is 15.2 Å². The van der Waals surface area contributed by atoms with E-state index in [-0.39, 0.29) is 5.56 Å². The minimum atomic E-state index is -0.172. The molecule has 0 aliphatic heterocycles. The molecule has 2 heterocycles. The van der Waals surface area contributed by atoms with E-state index in [1.54, 1.807) is 13.0 Å². The van der Waals surface area contributed by atoms with Crippen molar-refractivity contribution in [2.24, 2.45) is 0 Å². The smallest absolute Gasteiger partial charge is 0.278 e. The second-order valence-corrected chi connectivity index (χ2v) is 4.35. The second kappa shape index (κ2) is 5.08. The van der Waals surface area contributed by atoms with Gasteiger partial charge < -0.3 is 4.52 Å². The lowest BCUT2D eigenvalue weighted by Crippen LogP contribution is -2.22. The highest BCUT2D eigenvalue weighted by molar-refractivity contribution is 5.44. The van der Waals surface area contributed by atoms with Crippen LogP contribution in [0.1, 0.15) is 11.4 Å². The van der Waals surface area contributed by atoms with Crippen molar-refractivity contribution >= 4 is 0 Å². The Morgan fingerprint density at radius 1 is 1.15 bits per heavy atom. The molecule has 0 saturated carbocycles. The van der Waals surface area contributed by atoms with E-state index in [1.807, 2.05) is 30.3 Å². The predicted molar refractivity (Wildman–Crippen MR) is 72.1 cm³/mol. The zero-order valence-corrected chi connectivity index (χ0v) is 10.9. The number of benzene rings is 1. The standard InChI is InChI=1S/C14H12N4O2/c1-10-15-14(20-17-10)12-7-8-13(19)18(16-12)9-11-5-3-2-4-6-11/h2-8H,9H2,1H3. The first-order valence-corrected chi connectivity index (χ1v) is 6.15. The number of aromatic nitrogens is 4. The number of hydrogen-bond acceptors (Lipinski definition) is 5. The Bertz CT molecular complexity index is 777. The quantitative estimate of drug-likeness (QED) is 0.722. The van der Waals surface area contributed by atoms with Crippen LogP contribution in [0.15, 0.2) is 51.8 Å². The van der Waals surface area contributed by atoms with Gasteiger partial charge in [0, 0.05) is 6.07 Å². The highest BCUT2D eigenvalue weighted by Gasteiger charge is 2.10. The molecule has 0 fully saturated rings. The van der Waals surface area contributed by atoms with Crippen LogP contribution in [0.2, 0.25) is 0 Å². The number of aryl methyl sites for hydroxylation is 1. The summed E-state index contributed by atoms with van der Waals surface area (Å²) in [7, 11) is 0. The molecule has 1 aromatic carbocycles. The van der Waals surface area contributed by atoms with Gasteiger partial charge in [-0.15, -0.1) is 0 Å². The Labute approximate surface area is 114 Å². The maximum absolute atomic E-state index is 11.8. The minimum absolute atomic E-state index is 0.172. The first kappa shape index (κ1) is 12.3. The molecule has 0 amide bonds. The molecule has 0 aliphatic carbocycles. The van der Waals surface area contributed by atoms with Gasteiger partial charge in [-0.25, -0.2) is 4.68 Å². The van der Waals surface area contributed by atoms with Crippen LogP contribution < -0.4 is 5.56 Å². The molecule has 0 aliphatic rings. The highest BCUT2D eigenvalue weighted by Crippen LogP contribution is 2.12. The summed E-state index contributed by atoms with van der Waals surface area (Å²) in [5, 5.41) is 7.97. The fourth-order valence-electron chi connectivity index (χ4n) is 1.83. The van der Waals surface area contributed by atoms with Crippen LogP contribution in [0.4, 0.5) is 0 Å². The van der Waals surface area contributed by atoms with Gasteiger partial charge in [0.05, 0.1) is 6.54 Å². The Balaban J connectivity index is 1.97. The zero-order valence-electron chi connectivity index (χ0n) is 10.9. The summed E-state index contributed by atoms with van der Waals surface area (Å²) in [4.78, 5) is 15.9. The summed E-state index contributed by atoms with van der Waals surface area (Å²) in [5.74, 6) is 0.840. The lowest BCUT2D eigenvalue weighted by molar-refractivity contribution is 0.422. The van der Waals surface area contributed by atoms with Crippen LogP contribution in [-0.2, 0) is 6.54 Å². The molecule has 0 spiro atoms. The summed E-state index contributed by atoms with van der Waals surface area (Å²) in [6, 6.07) is 12.7. The number of rotatable bonds is 3. The van der Waals surface area contributed by atoms with Crippen LogP contribution in [0.5, 0.6) is 0 Å². The topological polar surface area (TPSA) is 73.8 Å². The molecule has 0 N–H and O–H groups in total. The summed E-state index contributed by atoms with van der Waals surface area (Å²) in [5.41, 5.74) is 1.32. The van der Waals surface area contributed by atoms with Crippen molar-refractivity contribution in [3.63, 3.8) is 0 Å². The fraction of sp³-hybridized carbons (Fsp3) is 0.143. The van der Waals surface area contributed by atoms with Gasteiger partial charge in [0.15, 0.2) is 5.82 Å². The van der Waals surface area contributed by atoms with Gasteiger partial charge in [-0.05, 0) is 18.6 Å². The van der Waals surface area contributed by atoms with Gasteiger partial charge in [-0.3, -0.25) is 4.79 Å². The second-order valence-electron chi connectivity index (χ2n) is 4.35. The molecule has 3 aromatic rings. The Kier molecular flexibility index (Phi) is 3.12. The summed E-state index contributed by atoms with van der Waals surface area (Å²) < 4.78 is 6.44. The van der Waals surface area contributed by atoms with E-state index < -0.39 is 0 Å². The Morgan fingerprint density at radius 2 is 1.95 bits per heavy atom. The SMILES string of the molecule is Cc1noc(-c2ccc(=O)n(Cc3ccccc3)n2)n1. The van der Waals surface area contributed by atoms with Gasteiger partial charge >= 0.3 is 0 Å². The highest BCUT2D eigenvalue weighted by atomic mass is 16.5. The molecule has 3 rings (SSSR count). The molecule has 100 valence electrons. The van der Waals surface area contributed by atoms with Crippen LogP contribution >= 0.6 is 0 Å². The van der Waals surface area contributed by atoms with Crippen LogP contribution in [0.25, 0.3) is 11.6 Å².